The third-order valence-corrected chi connectivity index (χ3v) is 6.20. The van der Waals surface area contributed by atoms with E-state index in [0.717, 1.165) is 44.3 Å². The zero-order valence-electron chi connectivity index (χ0n) is 19.6. The lowest BCUT2D eigenvalue weighted by molar-refractivity contribution is -0.0716. The van der Waals surface area contributed by atoms with E-state index >= 15 is 0 Å². The Hall–Kier alpha value is -2.64. The average Bonchev–Trinajstić information content (AvgIpc) is 3.32. The van der Waals surface area contributed by atoms with E-state index in [-0.39, 0.29) is 18.0 Å². The fraction of sp³-hybridized carbons (Fsp3) is 0.667. The van der Waals surface area contributed by atoms with Crippen molar-refractivity contribution in [3.8, 4) is 11.5 Å². The maximum atomic E-state index is 12.9. The Morgan fingerprint density at radius 1 is 1.19 bits per heavy atom. The second-order valence-corrected chi connectivity index (χ2v) is 10.2. The molecule has 1 N–H and O–H groups in total. The summed E-state index contributed by atoms with van der Waals surface area (Å²) in [5, 5.41) is 2.99. The molecule has 1 aromatic rings. The Bertz CT molecular complexity index is 860. The Labute approximate surface area is 190 Å². The van der Waals surface area contributed by atoms with Gasteiger partial charge in [-0.3, -0.25) is 0 Å². The van der Waals surface area contributed by atoms with Crippen LogP contribution in [0.15, 0.2) is 18.2 Å². The summed E-state index contributed by atoms with van der Waals surface area (Å²) in [7, 11) is 1.75. The molecule has 2 heterocycles. The van der Waals surface area contributed by atoms with Crippen LogP contribution in [0.1, 0.15) is 59.3 Å². The lowest BCUT2D eigenvalue weighted by atomic mass is 9.98. The van der Waals surface area contributed by atoms with Crippen molar-refractivity contribution in [3.05, 3.63) is 18.2 Å². The molecule has 1 aliphatic carbocycles. The third kappa shape index (κ3) is 5.22. The summed E-state index contributed by atoms with van der Waals surface area (Å²) in [4.78, 5) is 28.6. The van der Waals surface area contributed by atoms with Crippen LogP contribution in [0.2, 0.25) is 0 Å². The number of carbonyl (C=O) groups excluding carboxylic acids is 2. The van der Waals surface area contributed by atoms with Crippen LogP contribution >= 0.6 is 0 Å². The Morgan fingerprint density at radius 2 is 1.91 bits per heavy atom. The van der Waals surface area contributed by atoms with Gasteiger partial charge in [0.25, 0.3) is 5.79 Å². The highest BCUT2D eigenvalue weighted by atomic mass is 16.7. The van der Waals surface area contributed by atoms with Gasteiger partial charge in [0.1, 0.15) is 5.60 Å². The number of fused-ring (bicyclic) bond motifs is 1. The van der Waals surface area contributed by atoms with E-state index in [9.17, 15) is 9.59 Å². The van der Waals surface area contributed by atoms with Crippen molar-refractivity contribution in [2.75, 3.05) is 32.0 Å². The average molecular weight is 446 g/mol. The van der Waals surface area contributed by atoms with Crippen molar-refractivity contribution < 1.29 is 23.8 Å². The number of hydrogen-bond donors (Lipinski definition) is 1. The van der Waals surface area contributed by atoms with E-state index < -0.39 is 11.4 Å². The lowest BCUT2D eigenvalue weighted by Gasteiger charge is -2.35. The third-order valence-electron chi connectivity index (χ3n) is 6.20. The molecular formula is C24H35N3O5. The monoisotopic (exact) mass is 445 g/mol. The molecular weight excluding hydrogens is 410 g/mol. The number of hydrogen-bond acceptors (Lipinski definition) is 5. The molecule has 3 amide bonds. The smallest absolute Gasteiger partial charge is 0.410 e. The molecule has 8 heteroatoms. The molecule has 3 aliphatic rings. The van der Waals surface area contributed by atoms with Gasteiger partial charge in [0, 0.05) is 51.3 Å². The van der Waals surface area contributed by atoms with E-state index in [2.05, 4.69) is 5.32 Å². The molecule has 32 heavy (non-hydrogen) atoms. The van der Waals surface area contributed by atoms with Gasteiger partial charge in [0.15, 0.2) is 11.5 Å². The van der Waals surface area contributed by atoms with E-state index in [4.69, 9.17) is 14.2 Å². The zero-order valence-corrected chi connectivity index (χ0v) is 19.6. The standard InChI is InChI=1S/C24H35N3O5/c1-23(2,3)32-22(29)26(4)15-17-8-7-13-27(16-17)21(28)25-18-9-10-19-20(14-18)31-24(30-19)11-5-6-12-24/h9-10,14,17H,5-8,11-13,15-16H2,1-4H3,(H,25,28). The van der Waals surface area contributed by atoms with Crippen molar-refractivity contribution in [2.45, 2.75) is 70.7 Å². The largest absolute Gasteiger partial charge is 0.448 e. The fourth-order valence-corrected chi connectivity index (χ4v) is 4.69. The number of piperidine rings is 1. The van der Waals surface area contributed by atoms with Crippen LogP contribution in [-0.2, 0) is 4.74 Å². The highest BCUT2D eigenvalue weighted by Gasteiger charge is 2.44. The van der Waals surface area contributed by atoms with Crippen LogP contribution in [-0.4, -0.2) is 60.0 Å². The minimum atomic E-state index is -0.522. The first-order valence-electron chi connectivity index (χ1n) is 11.6. The molecule has 1 atom stereocenters. The minimum absolute atomic E-state index is 0.135. The van der Waals surface area contributed by atoms with E-state index in [1.807, 2.05) is 43.9 Å². The number of benzene rings is 1. The number of ether oxygens (including phenoxy) is 3. The molecule has 0 aromatic heterocycles. The first kappa shape index (κ1) is 22.6. The van der Waals surface area contributed by atoms with Gasteiger partial charge in [-0.2, -0.15) is 0 Å². The van der Waals surface area contributed by atoms with E-state index in [1.54, 1.807) is 11.9 Å². The molecule has 4 rings (SSSR count). The SMILES string of the molecule is CN(CC1CCCN(C(=O)Nc2ccc3c(c2)OC2(CCCC2)O3)C1)C(=O)OC(C)(C)C. The number of urea groups is 1. The van der Waals surface area contributed by atoms with Crippen molar-refractivity contribution in [1.82, 2.24) is 9.80 Å². The fourth-order valence-electron chi connectivity index (χ4n) is 4.69. The maximum Gasteiger partial charge on any atom is 0.410 e. The van der Waals surface area contributed by atoms with Gasteiger partial charge in [0.05, 0.1) is 0 Å². The summed E-state index contributed by atoms with van der Waals surface area (Å²) < 4.78 is 17.6. The molecule has 1 unspecified atom stereocenters. The summed E-state index contributed by atoms with van der Waals surface area (Å²) in [6, 6.07) is 5.43. The number of nitrogens with zero attached hydrogens (tertiary/aromatic N) is 2. The van der Waals surface area contributed by atoms with Gasteiger partial charge in [-0.25, -0.2) is 9.59 Å². The van der Waals surface area contributed by atoms with E-state index in [0.29, 0.717) is 31.1 Å². The molecule has 2 fully saturated rings. The van der Waals surface area contributed by atoms with Crippen LogP contribution in [0.3, 0.4) is 0 Å². The van der Waals surface area contributed by atoms with Gasteiger partial charge in [-0.05, 0) is 64.5 Å². The predicted molar refractivity (Wildman–Crippen MR) is 121 cm³/mol. The number of carbonyl (C=O) groups is 2. The Balaban J connectivity index is 1.31. The van der Waals surface area contributed by atoms with Crippen LogP contribution in [0.5, 0.6) is 11.5 Å². The number of amides is 3. The van der Waals surface area contributed by atoms with E-state index in [1.165, 1.54) is 0 Å². The zero-order chi connectivity index (χ0) is 22.9. The van der Waals surface area contributed by atoms with Crippen molar-refractivity contribution in [2.24, 2.45) is 5.92 Å². The number of nitrogens with one attached hydrogen (secondary N) is 1. The van der Waals surface area contributed by atoms with Crippen molar-refractivity contribution in [1.29, 1.82) is 0 Å². The molecule has 176 valence electrons. The molecule has 0 bridgehead atoms. The summed E-state index contributed by atoms with van der Waals surface area (Å²) in [5.41, 5.74) is 0.173. The molecule has 1 aromatic carbocycles. The lowest BCUT2D eigenvalue weighted by Crippen LogP contribution is -2.46. The minimum Gasteiger partial charge on any atom is -0.448 e. The topological polar surface area (TPSA) is 80.3 Å². The summed E-state index contributed by atoms with van der Waals surface area (Å²) in [6.07, 6.45) is 5.56. The maximum absolute atomic E-state index is 12.9. The van der Waals surface area contributed by atoms with Gasteiger partial charge in [-0.15, -0.1) is 0 Å². The summed E-state index contributed by atoms with van der Waals surface area (Å²) in [5.74, 6) is 1.14. The molecule has 0 radical (unpaired) electrons. The molecule has 1 saturated carbocycles. The first-order valence-corrected chi connectivity index (χ1v) is 11.6. The first-order chi connectivity index (χ1) is 15.1. The molecule has 1 saturated heterocycles. The highest BCUT2D eigenvalue weighted by Crippen LogP contribution is 2.47. The van der Waals surface area contributed by atoms with Gasteiger partial charge in [0.2, 0.25) is 0 Å². The van der Waals surface area contributed by atoms with Crippen molar-refractivity contribution in [3.63, 3.8) is 0 Å². The Morgan fingerprint density at radius 3 is 2.62 bits per heavy atom. The number of rotatable bonds is 3. The molecule has 8 nitrogen and oxygen atoms in total. The Kier molecular flexibility index (Phi) is 6.14. The molecule has 1 spiro atoms. The van der Waals surface area contributed by atoms with Crippen LogP contribution in [0, 0.1) is 5.92 Å². The van der Waals surface area contributed by atoms with Gasteiger partial charge < -0.3 is 29.3 Å². The van der Waals surface area contributed by atoms with Crippen LogP contribution < -0.4 is 14.8 Å². The summed E-state index contributed by atoms with van der Waals surface area (Å²) in [6.45, 7) is 7.43. The highest BCUT2D eigenvalue weighted by molar-refractivity contribution is 5.89. The van der Waals surface area contributed by atoms with Crippen LogP contribution in [0.4, 0.5) is 15.3 Å². The quantitative estimate of drug-likeness (QED) is 0.720. The summed E-state index contributed by atoms with van der Waals surface area (Å²) >= 11 is 0. The second-order valence-electron chi connectivity index (χ2n) is 10.2. The number of likely N-dealkylation sites (tertiary alicyclic amines) is 1. The van der Waals surface area contributed by atoms with Crippen molar-refractivity contribution >= 4 is 17.8 Å². The second kappa shape index (κ2) is 8.71. The van der Waals surface area contributed by atoms with Gasteiger partial charge >= 0.3 is 12.1 Å². The van der Waals surface area contributed by atoms with Crippen LogP contribution in [0.25, 0.3) is 0 Å². The molecule has 2 aliphatic heterocycles. The normalized spacial score (nSPS) is 21.5. The van der Waals surface area contributed by atoms with Gasteiger partial charge in [-0.1, -0.05) is 0 Å². The number of anilines is 1. The predicted octanol–water partition coefficient (Wildman–Crippen LogP) is 4.84.